The lowest BCUT2D eigenvalue weighted by molar-refractivity contribution is 0.252. The van der Waals surface area contributed by atoms with Crippen LogP contribution in [0.15, 0.2) is 88.7 Å². The van der Waals surface area contributed by atoms with Crippen molar-refractivity contribution in [2.24, 2.45) is 0 Å². The van der Waals surface area contributed by atoms with Gasteiger partial charge in [0.2, 0.25) is 10.0 Å². The largest absolute Gasteiger partial charge is 0.415 e. The Kier molecular flexibility index (Phi) is 9.28. The van der Waals surface area contributed by atoms with Gasteiger partial charge in [0.15, 0.2) is 8.32 Å². The highest BCUT2D eigenvalue weighted by atomic mass is 32.2. The molecular formula is C29H39NO3S2Si. The van der Waals surface area contributed by atoms with Crippen LogP contribution >= 0.6 is 11.8 Å². The van der Waals surface area contributed by atoms with Crippen molar-refractivity contribution in [1.82, 2.24) is 4.72 Å². The molecule has 3 aromatic rings. The van der Waals surface area contributed by atoms with E-state index in [9.17, 15) is 8.42 Å². The van der Waals surface area contributed by atoms with E-state index < -0.39 is 24.4 Å². The van der Waals surface area contributed by atoms with E-state index in [-0.39, 0.29) is 15.2 Å². The van der Waals surface area contributed by atoms with Crippen LogP contribution in [0.25, 0.3) is 0 Å². The van der Waals surface area contributed by atoms with Crippen molar-refractivity contribution in [3.8, 4) is 0 Å². The van der Waals surface area contributed by atoms with Gasteiger partial charge in [-0.1, -0.05) is 87.0 Å². The third-order valence-electron chi connectivity index (χ3n) is 6.91. The van der Waals surface area contributed by atoms with Crippen LogP contribution in [-0.2, 0) is 14.4 Å². The van der Waals surface area contributed by atoms with Gasteiger partial charge < -0.3 is 4.43 Å². The lowest BCUT2D eigenvalue weighted by Gasteiger charge is -2.38. The van der Waals surface area contributed by atoms with Gasteiger partial charge in [0.25, 0.3) is 0 Å². The molecule has 0 amide bonds. The number of benzene rings is 3. The molecule has 0 saturated heterocycles. The fraction of sp³-hybridized carbons (Fsp3) is 0.379. The minimum atomic E-state index is -3.76. The molecule has 4 nitrogen and oxygen atoms in total. The van der Waals surface area contributed by atoms with Crippen molar-refractivity contribution in [1.29, 1.82) is 0 Å². The van der Waals surface area contributed by atoms with Crippen LogP contribution in [0.3, 0.4) is 0 Å². The van der Waals surface area contributed by atoms with Gasteiger partial charge in [0, 0.05) is 4.90 Å². The lowest BCUT2D eigenvalue weighted by atomic mass is 10.1. The molecule has 3 aromatic carbocycles. The maximum Gasteiger partial charge on any atom is 0.240 e. The van der Waals surface area contributed by atoms with E-state index in [2.05, 4.69) is 69.8 Å². The summed E-state index contributed by atoms with van der Waals surface area (Å²) in [5, 5.41) is -0.170. The first kappa shape index (κ1) is 28.7. The number of rotatable bonds is 10. The maximum atomic E-state index is 13.6. The van der Waals surface area contributed by atoms with Gasteiger partial charge in [0.05, 0.1) is 22.8 Å². The summed E-state index contributed by atoms with van der Waals surface area (Å²) < 4.78 is 36.8. The Morgan fingerprint density at radius 1 is 0.889 bits per heavy atom. The van der Waals surface area contributed by atoms with Crippen LogP contribution < -0.4 is 4.72 Å². The second kappa shape index (κ2) is 11.7. The topological polar surface area (TPSA) is 55.4 Å². The van der Waals surface area contributed by atoms with Crippen LogP contribution in [0, 0.1) is 13.8 Å². The second-order valence-corrected chi connectivity index (χ2v) is 18.5. The van der Waals surface area contributed by atoms with Crippen molar-refractivity contribution >= 4 is 30.1 Å². The molecule has 0 spiro atoms. The average Bonchev–Trinajstić information content (AvgIpc) is 2.81. The van der Waals surface area contributed by atoms with Crippen LogP contribution in [0.5, 0.6) is 0 Å². The quantitative estimate of drug-likeness (QED) is 0.213. The fourth-order valence-corrected chi connectivity index (χ4v) is 7.17. The third-order valence-corrected chi connectivity index (χ3v) is 14.5. The summed E-state index contributed by atoms with van der Waals surface area (Å²) in [6.45, 7) is 15.3. The third kappa shape index (κ3) is 7.32. The Labute approximate surface area is 223 Å². The molecule has 0 aliphatic heterocycles. The monoisotopic (exact) mass is 541 g/mol. The number of aryl methyl sites for hydroxylation is 2. The first-order chi connectivity index (χ1) is 16.8. The summed E-state index contributed by atoms with van der Waals surface area (Å²) in [4.78, 5) is 1.39. The molecule has 0 bridgehead atoms. The van der Waals surface area contributed by atoms with E-state index in [0.29, 0.717) is 6.61 Å². The van der Waals surface area contributed by atoms with Crippen molar-refractivity contribution in [3.63, 3.8) is 0 Å². The van der Waals surface area contributed by atoms with E-state index in [1.54, 1.807) is 23.9 Å². The predicted octanol–water partition coefficient (Wildman–Crippen LogP) is 7.51. The van der Waals surface area contributed by atoms with Crippen molar-refractivity contribution in [2.45, 2.75) is 73.8 Å². The molecule has 3 rings (SSSR count). The minimum Gasteiger partial charge on any atom is -0.415 e. The van der Waals surface area contributed by atoms with E-state index >= 15 is 0 Å². The molecule has 0 saturated carbocycles. The Morgan fingerprint density at radius 3 is 2.06 bits per heavy atom. The highest BCUT2D eigenvalue weighted by molar-refractivity contribution is 7.99. The van der Waals surface area contributed by atoms with Gasteiger partial charge in [-0.2, -0.15) is 0 Å². The molecule has 0 unspecified atom stereocenters. The predicted molar refractivity (Wildman–Crippen MR) is 155 cm³/mol. The highest BCUT2D eigenvalue weighted by Crippen LogP contribution is 2.41. The lowest BCUT2D eigenvalue weighted by Crippen LogP contribution is -2.47. The summed E-state index contributed by atoms with van der Waals surface area (Å²) in [6, 6.07) is 24.8. The minimum absolute atomic E-state index is 0.0127. The van der Waals surface area contributed by atoms with Crippen molar-refractivity contribution in [2.75, 3.05) is 6.61 Å². The summed E-state index contributed by atoms with van der Waals surface area (Å²) in [5.41, 5.74) is 3.24. The summed E-state index contributed by atoms with van der Waals surface area (Å²) in [5.74, 6) is 0. The zero-order valence-electron chi connectivity index (χ0n) is 22.4. The zero-order chi connectivity index (χ0) is 26.6. The number of sulfonamides is 1. The molecule has 0 aromatic heterocycles. The fourth-order valence-electron chi connectivity index (χ4n) is 3.53. The Bertz CT molecular complexity index is 1240. The van der Waals surface area contributed by atoms with Crippen LogP contribution in [0.1, 0.15) is 42.7 Å². The van der Waals surface area contributed by atoms with Gasteiger partial charge in [-0.15, -0.1) is 11.8 Å². The first-order valence-corrected chi connectivity index (χ1v) is 17.6. The van der Waals surface area contributed by atoms with Crippen molar-refractivity contribution in [3.05, 3.63) is 95.6 Å². The summed E-state index contributed by atoms with van der Waals surface area (Å²) in [7, 11) is -5.89. The normalized spacial score (nSPS) is 14.4. The van der Waals surface area contributed by atoms with Crippen molar-refractivity contribution < 1.29 is 12.8 Å². The first-order valence-electron chi connectivity index (χ1n) is 12.3. The molecule has 7 heteroatoms. The van der Waals surface area contributed by atoms with Crippen LogP contribution in [0.4, 0.5) is 0 Å². The summed E-state index contributed by atoms with van der Waals surface area (Å²) in [6.07, 6.45) is 0. The molecule has 194 valence electrons. The number of hydrogen-bond acceptors (Lipinski definition) is 4. The molecule has 1 N–H and O–H groups in total. The molecular weight excluding hydrogens is 503 g/mol. The average molecular weight is 542 g/mol. The smallest absolute Gasteiger partial charge is 0.240 e. The van der Waals surface area contributed by atoms with E-state index in [0.717, 1.165) is 21.6 Å². The van der Waals surface area contributed by atoms with Gasteiger partial charge in [-0.25, -0.2) is 13.1 Å². The number of nitrogens with one attached hydrogen (secondary N) is 1. The number of hydrogen-bond donors (Lipinski definition) is 1. The van der Waals surface area contributed by atoms with E-state index in [1.165, 1.54) is 0 Å². The molecule has 0 heterocycles. The molecule has 2 atom stereocenters. The standard InChI is InChI=1S/C29H39NO3S2Si/c1-22-17-19-25(20-18-22)35(31,32)30-26(21-33-36(6,7)29(3,4)5)28(24-14-9-8-10-15-24)34-27-16-12-11-13-23(27)2/h8-20,26,28,30H,21H2,1-7H3/t26-,28+/m1/s1. The zero-order valence-corrected chi connectivity index (χ0v) is 25.0. The van der Waals surface area contributed by atoms with Gasteiger partial charge in [-0.05, 0) is 61.3 Å². The SMILES string of the molecule is Cc1ccc(S(=O)(=O)N[C@H](CO[Si](C)(C)C(C)(C)C)[C@@H](Sc2ccccc2C)c2ccccc2)cc1. The van der Waals surface area contributed by atoms with E-state index in [4.69, 9.17) is 4.43 Å². The van der Waals surface area contributed by atoms with Gasteiger partial charge >= 0.3 is 0 Å². The summed E-state index contributed by atoms with van der Waals surface area (Å²) >= 11 is 1.68. The second-order valence-electron chi connectivity index (χ2n) is 10.8. The van der Waals surface area contributed by atoms with Crippen LogP contribution in [0.2, 0.25) is 18.1 Å². The molecule has 0 fully saturated rings. The van der Waals surface area contributed by atoms with E-state index in [1.807, 2.05) is 49.4 Å². The molecule has 36 heavy (non-hydrogen) atoms. The molecule has 0 aliphatic carbocycles. The van der Waals surface area contributed by atoms with Crippen LogP contribution in [-0.4, -0.2) is 29.4 Å². The number of thioether (sulfide) groups is 1. The Morgan fingerprint density at radius 2 is 1.47 bits per heavy atom. The molecule has 0 aliphatic rings. The highest BCUT2D eigenvalue weighted by Gasteiger charge is 2.39. The Hall–Kier alpha value is -1.90. The Balaban J connectivity index is 2.04. The molecule has 0 radical (unpaired) electrons. The van der Waals surface area contributed by atoms with Gasteiger partial charge in [0.1, 0.15) is 0 Å². The maximum absolute atomic E-state index is 13.6. The van der Waals surface area contributed by atoms with Gasteiger partial charge in [-0.3, -0.25) is 0 Å².